The average Bonchev–Trinajstić information content (AvgIpc) is 2.52. The lowest BCUT2D eigenvalue weighted by Gasteiger charge is -2.10. The number of hydrogen-bond acceptors (Lipinski definition) is 3. The Labute approximate surface area is 151 Å². The molecule has 24 heavy (non-hydrogen) atoms. The summed E-state index contributed by atoms with van der Waals surface area (Å²) in [6.07, 6.45) is 0. The Kier molecular flexibility index (Phi) is 5.87. The van der Waals surface area contributed by atoms with Crippen LogP contribution in [-0.4, -0.2) is 20.9 Å². The summed E-state index contributed by atoms with van der Waals surface area (Å²) in [4.78, 5) is 12.0. The maximum Gasteiger partial charge on any atom is 0.241 e. The molecule has 0 atom stereocenters. The van der Waals surface area contributed by atoms with Gasteiger partial charge in [0.15, 0.2) is 0 Å². The predicted octanol–water partition coefficient (Wildman–Crippen LogP) is 3.53. The molecule has 0 aromatic heterocycles. The zero-order valence-corrected chi connectivity index (χ0v) is 15.4. The van der Waals surface area contributed by atoms with Crippen LogP contribution in [-0.2, 0) is 14.8 Å². The van der Waals surface area contributed by atoms with E-state index in [2.05, 4.69) is 10.0 Å². The maximum atomic E-state index is 12.2. The lowest BCUT2D eigenvalue weighted by Crippen LogP contribution is -2.33. The Morgan fingerprint density at radius 1 is 1.00 bits per heavy atom. The standard InChI is InChI=1S/C16H16Cl2N2O3S/c1-10-3-5-13(7-11(10)2)24(22,23)19-9-16(21)20-12-4-6-14(17)15(18)8-12/h3-8,19H,9H2,1-2H3,(H,20,21). The van der Waals surface area contributed by atoms with Gasteiger partial charge in [0, 0.05) is 5.69 Å². The van der Waals surface area contributed by atoms with Crippen LogP contribution in [0, 0.1) is 13.8 Å². The van der Waals surface area contributed by atoms with Gasteiger partial charge < -0.3 is 5.32 Å². The summed E-state index contributed by atoms with van der Waals surface area (Å²) in [5, 5.41) is 3.21. The summed E-state index contributed by atoms with van der Waals surface area (Å²) >= 11 is 11.7. The fourth-order valence-corrected chi connectivity index (χ4v) is 3.27. The van der Waals surface area contributed by atoms with E-state index in [1.165, 1.54) is 12.1 Å². The van der Waals surface area contributed by atoms with Crippen molar-refractivity contribution in [3.63, 3.8) is 0 Å². The fraction of sp³-hybridized carbons (Fsp3) is 0.188. The van der Waals surface area contributed by atoms with E-state index < -0.39 is 22.5 Å². The molecule has 1 amide bonds. The molecule has 2 rings (SSSR count). The fourth-order valence-electron chi connectivity index (χ4n) is 1.90. The smallest absolute Gasteiger partial charge is 0.241 e. The van der Waals surface area contributed by atoms with Gasteiger partial charge in [0.25, 0.3) is 0 Å². The lowest BCUT2D eigenvalue weighted by atomic mass is 10.1. The number of rotatable bonds is 5. The number of hydrogen-bond donors (Lipinski definition) is 2. The first kappa shape index (κ1) is 18.7. The molecule has 0 aliphatic carbocycles. The Bertz CT molecular complexity index is 883. The Hall–Kier alpha value is -1.60. The molecule has 128 valence electrons. The van der Waals surface area contributed by atoms with Crippen LogP contribution in [0.2, 0.25) is 10.0 Å². The van der Waals surface area contributed by atoms with E-state index in [1.54, 1.807) is 24.3 Å². The molecule has 0 unspecified atom stereocenters. The van der Waals surface area contributed by atoms with E-state index in [1.807, 2.05) is 13.8 Å². The minimum absolute atomic E-state index is 0.118. The molecular weight excluding hydrogens is 371 g/mol. The molecule has 0 radical (unpaired) electrons. The third-order valence-corrected chi connectivity index (χ3v) is 5.55. The van der Waals surface area contributed by atoms with Crippen LogP contribution in [0.3, 0.4) is 0 Å². The Morgan fingerprint density at radius 2 is 1.71 bits per heavy atom. The van der Waals surface area contributed by atoms with Crippen molar-refractivity contribution in [2.75, 3.05) is 11.9 Å². The molecule has 0 saturated carbocycles. The van der Waals surface area contributed by atoms with Crippen molar-refractivity contribution in [3.8, 4) is 0 Å². The van der Waals surface area contributed by atoms with E-state index in [4.69, 9.17) is 23.2 Å². The summed E-state index contributed by atoms with van der Waals surface area (Å²) in [5.74, 6) is -0.513. The second kappa shape index (κ2) is 7.53. The van der Waals surface area contributed by atoms with Gasteiger partial charge in [-0.15, -0.1) is 0 Å². The molecule has 8 heteroatoms. The lowest BCUT2D eigenvalue weighted by molar-refractivity contribution is -0.115. The van der Waals surface area contributed by atoms with Crippen LogP contribution in [0.25, 0.3) is 0 Å². The highest BCUT2D eigenvalue weighted by molar-refractivity contribution is 7.89. The molecule has 0 fully saturated rings. The number of aryl methyl sites for hydroxylation is 2. The first-order valence-electron chi connectivity index (χ1n) is 7.01. The van der Waals surface area contributed by atoms with Crippen molar-refractivity contribution in [1.82, 2.24) is 4.72 Å². The highest BCUT2D eigenvalue weighted by Crippen LogP contribution is 2.24. The molecule has 0 saturated heterocycles. The third-order valence-electron chi connectivity index (χ3n) is 3.41. The molecule has 0 heterocycles. The number of carbonyl (C=O) groups excluding carboxylic acids is 1. The van der Waals surface area contributed by atoms with E-state index in [0.717, 1.165) is 11.1 Å². The molecule has 0 spiro atoms. The number of halogens is 2. The minimum atomic E-state index is -3.76. The van der Waals surface area contributed by atoms with E-state index in [9.17, 15) is 13.2 Å². The first-order valence-corrected chi connectivity index (χ1v) is 9.25. The molecule has 0 aliphatic heterocycles. The second-order valence-corrected chi connectivity index (χ2v) is 7.83. The molecule has 5 nitrogen and oxygen atoms in total. The average molecular weight is 387 g/mol. The summed E-state index contributed by atoms with van der Waals surface area (Å²) < 4.78 is 26.7. The first-order chi connectivity index (χ1) is 11.2. The van der Waals surface area contributed by atoms with Crippen molar-refractivity contribution >= 4 is 44.8 Å². The van der Waals surface area contributed by atoms with Crippen LogP contribution in [0.15, 0.2) is 41.3 Å². The van der Waals surface area contributed by atoms with Gasteiger partial charge in [-0.3, -0.25) is 4.79 Å². The maximum absolute atomic E-state index is 12.2. The minimum Gasteiger partial charge on any atom is -0.325 e. The number of amides is 1. The molecule has 0 aliphatic rings. The van der Waals surface area contributed by atoms with Gasteiger partial charge in [0.05, 0.1) is 21.5 Å². The van der Waals surface area contributed by atoms with Crippen LogP contribution >= 0.6 is 23.2 Å². The number of nitrogens with one attached hydrogen (secondary N) is 2. The van der Waals surface area contributed by atoms with Crippen LogP contribution in [0.5, 0.6) is 0 Å². The van der Waals surface area contributed by atoms with Crippen molar-refractivity contribution in [2.24, 2.45) is 0 Å². The van der Waals surface area contributed by atoms with Crippen LogP contribution < -0.4 is 10.0 Å². The topological polar surface area (TPSA) is 75.3 Å². The van der Waals surface area contributed by atoms with Crippen LogP contribution in [0.4, 0.5) is 5.69 Å². The number of sulfonamides is 1. The second-order valence-electron chi connectivity index (χ2n) is 5.25. The highest BCUT2D eigenvalue weighted by atomic mass is 35.5. The summed E-state index contributed by atoms with van der Waals surface area (Å²) in [7, 11) is -3.76. The van der Waals surface area contributed by atoms with E-state index >= 15 is 0 Å². The predicted molar refractivity (Wildman–Crippen MR) is 96.2 cm³/mol. The number of benzene rings is 2. The van der Waals surface area contributed by atoms with Gasteiger partial charge in [-0.05, 0) is 55.3 Å². The monoisotopic (exact) mass is 386 g/mol. The zero-order valence-electron chi connectivity index (χ0n) is 13.1. The molecule has 2 aromatic carbocycles. The Balaban J connectivity index is 2.01. The van der Waals surface area contributed by atoms with Crippen molar-refractivity contribution < 1.29 is 13.2 Å². The number of carbonyl (C=O) groups is 1. The highest BCUT2D eigenvalue weighted by Gasteiger charge is 2.16. The molecular formula is C16H16Cl2N2O3S. The third kappa shape index (κ3) is 4.70. The van der Waals surface area contributed by atoms with Crippen molar-refractivity contribution in [1.29, 1.82) is 0 Å². The van der Waals surface area contributed by atoms with Gasteiger partial charge in [0.1, 0.15) is 0 Å². The quantitative estimate of drug-likeness (QED) is 0.824. The van der Waals surface area contributed by atoms with E-state index in [0.29, 0.717) is 15.7 Å². The van der Waals surface area contributed by atoms with Gasteiger partial charge in [0.2, 0.25) is 15.9 Å². The number of anilines is 1. The summed E-state index contributed by atoms with van der Waals surface area (Å²) in [6, 6.07) is 9.39. The Morgan fingerprint density at radius 3 is 2.33 bits per heavy atom. The van der Waals surface area contributed by atoms with Crippen molar-refractivity contribution in [3.05, 3.63) is 57.6 Å². The summed E-state index contributed by atoms with van der Waals surface area (Å²) in [5.41, 5.74) is 2.28. The normalized spacial score (nSPS) is 11.3. The molecule has 2 aromatic rings. The SMILES string of the molecule is Cc1ccc(S(=O)(=O)NCC(=O)Nc2ccc(Cl)c(Cl)c2)cc1C. The summed E-state index contributed by atoms with van der Waals surface area (Å²) in [6.45, 7) is 3.32. The van der Waals surface area contributed by atoms with Gasteiger partial charge >= 0.3 is 0 Å². The van der Waals surface area contributed by atoms with Gasteiger partial charge in [-0.25, -0.2) is 13.1 Å². The van der Waals surface area contributed by atoms with Gasteiger partial charge in [-0.2, -0.15) is 0 Å². The zero-order chi connectivity index (χ0) is 17.9. The van der Waals surface area contributed by atoms with Gasteiger partial charge in [-0.1, -0.05) is 29.3 Å². The van der Waals surface area contributed by atoms with Crippen LogP contribution in [0.1, 0.15) is 11.1 Å². The molecule has 2 N–H and O–H groups in total. The largest absolute Gasteiger partial charge is 0.325 e. The van der Waals surface area contributed by atoms with Crippen molar-refractivity contribution in [2.45, 2.75) is 18.7 Å². The van der Waals surface area contributed by atoms with E-state index in [-0.39, 0.29) is 4.90 Å². The molecule has 0 bridgehead atoms.